The fourth-order valence-corrected chi connectivity index (χ4v) is 4.41. The van der Waals surface area contributed by atoms with Crippen molar-refractivity contribution in [3.8, 4) is 40.2 Å². The number of Topliss-reactive ketones (excluding diaryl/α,β-unsaturated/α-hetero) is 1. The zero-order chi connectivity index (χ0) is 24.7. The summed E-state index contributed by atoms with van der Waals surface area (Å²) in [5.41, 5.74) is 1.44. The Hall–Kier alpha value is -4.11. The van der Waals surface area contributed by atoms with E-state index < -0.39 is 18.3 Å². The number of hydrogen-bond acceptors (Lipinski definition) is 9. The molecule has 3 atom stereocenters. The summed E-state index contributed by atoms with van der Waals surface area (Å²) in [5.74, 6) is 1.26. The van der Waals surface area contributed by atoms with Crippen LogP contribution in [0.5, 0.6) is 40.2 Å². The van der Waals surface area contributed by atoms with Gasteiger partial charge in [0.05, 0.1) is 27.2 Å². The lowest BCUT2D eigenvalue weighted by Crippen LogP contribution is -2.36. The third-order valence-electron chi connectivity index (χ3n) is 6.11. The Morgan fingerprint density at radius 2 is 1.63 bits per heavy atom. The maximum Gasteiger partial charge on any atom is 0.174 e. The van der Waals surface area contributed by atoms with Gasteiger partial charge in [-0.3, -0.25) is 4.79 Å². The molecule has 3 unspecified atom stereocenters. The van der Waals surface area contributed by atoms with Crippen molar-refractivity contribution in [3.63, 3.8) is 0 Å². The van der Waals surface area contributed by atoms with Crippen LogP contribution in [0, 0.1) is 0 Å². The van der Waals surface area contributed by atoms with Gasteiger partial charge in [0.2, 0.25) is 0 Å². The lowest BCUT2D eigenvalue weighted by atomic mass is 9.95. The Morgan fingerprint density at radius 3 is 2.37 bits per heavy atom. The van der Waals surface area contributed by atoms with Crippen LogP contribution in [-0.4, -0.2) is 48.0 Å². The predicted octanol–water partition coefficient (Wildman–Crippen LogP) is 3.69. The van der Waals surface area contributed by atoms with Crippen LogP contribution in [0.25, 0.3) is 0 Å². The van der Waals surface area contributed by atoms with E-state index in [1.54, 1.807) is 44.6 Å². The maximum absolute atomic E-state index is 12.7. The van der Waals surface area contributed by atoms with Gasteiger partial charge < -0.3 is 39.0 Å². The van der Waals surface area contributed by atoms with Gasteiger partial charge in [-0.15, -0.1) is 0 Å². The highest BCUT2D eigenvalue weighted by Gasteiger charge is 2.35. The molecule has 2 aliphatic rings. The van der Waals surface area contributed by atoms with Crippen LogP contribution in [0.15, 0.2) is 48.5 Å². The number of carbonyl (C=O) groups excluding carboxylic acids is 1. The molecule has 0 radical (unpaired) electrons. The van der Waals surface area contributed by atoms with E-state index >= 15 is 0 Å². The van der Waals surface area contributed by atoms with Gasteiger partial charge in [0, 0.05) is 17.7 Å². The zero-order valence-corrected chi connectivity index (χ0v) is 19.1. The van der Waals surface area contributed by atoms with Gasteiger partial charge >= 0.3 is 0 Å². The summed E-state index contributed by atoms with van der Waals surface area (Å²) in [7, 11) is 3.09. The third kappa shape index (κ3) is 4.04. The number of aromatic hydroxyl groups is 2. The highest BCUT2D eigenvalue weighted by molar-refractivity contribution is 6.02. The van der Waals surface area contributed by atoms with E-state index in [-0.39, 0.29) is 41.6 Å². The Kier molecular flexibility index (Phi) is 5.78. The number of ether oxygens (including phenoxy) is 5. The van der Waals surface area contributed by atoms with Crippen molar-refractivity contribution in [2.24, 2.45) is 0 Å². The number of methoxy groups -OCH3 is 2. The summed E-state index contributed by atoms with van der Waals surface area (Å²) < 4.78 is 28.9. The van der Waals surface area contributed by atoms with Crippen LogP contribution in [0.2, 0.25) is 0 Å². The molecule has 2 heterocycles. The molecular formula is C26H24O9. The number of hydrogen-bond donors (Lipinski definition) is 3. The Labute approximate surface area is 201 Å². The van der Waals surface area contributed by atoms with Crippen molar-refractivity contribution < 1.29 is 43.8 Å². The number of phenols is 2. The van der Waals surface area contributed by atoms with E-state index in [1.165, 1.54) is 6.07 Å². The van der Waals surface area contributed by atoms with Crippen LogP contribution < -0.4 is 23.7 Å². The van der Waals surface area contributed by atoms with Crippen molar-refractivity contribution in [1.82, 2.24) is 0 Å². The summed E-state index contributed by atoms with van der Waals surface area (Å²) in [4.78, 5) is 12.7. The average molecular weight is 480 g/mol. The number of fused-ring (bicyclic) bond motifs is 2. The van der Waals surface area contributed by atoms with Crippen LogP contribution in [0.4, 0.5) is 0 Å². The number of aliphatic hydroxyl groups is 1. The normalized spacial score (nSPS) is 20.5. The standard InChI is InChI=1S/C26H24O9/c1-31-18-5-4-14(8-21(18)32-2)26-24(12-27)34-22-7-13(3-6-19(22)35-26)20-11-17(30)25-16(29)9-15(28)10-23(25)33-20/h3-10,20,24,26-29H,11-12H2,1-2H3. The van der Waals surface area contributed by atoms with E-state index in [4.69, 9.17) is 23.7 Å². The van der Waals surface area contributed by atoms with E-state index in [0.29, 0.717) is 28.6 Å². The molecule has 3 N–H and O–H groups in total. The van der Waals surface area contributed by atoms with Crippen molar-refractivity contribution in [3.05, 3.63) is 65.2 Å². The Morgan fingerprint density at radius 1 is 0.857 bits per heavy atom. The second-order valence-electron chi connectivity index (χ2n) is 8.27. The highest BCUT2D eigenvalue weighted by atomic mass is 16.6. The molecule has 0 aliphatic carbocycles. The van der Waals surface area contributed by atoms with Gasteiger partial charge in [0.1, 0.15) is 28.9 Å². The fourth-order valence-electron chi connectivity index (χ4n) is 4.41. The van der Waals surface area contributed by atoms with E-state index in [9.17, 15) is 20.1 Å². The predicted molar refractivity (Wildman–Crippen MR) is 123 cm³/mol. The monoisotopic (exact) mass is 480 g/mol. The van der Waals surface area contributed by atoms with Gasteiger partial charge in [-0.25, -0.2) is 0 Å². The molecular weight excluding hydrogens is 456 g/mol. The molecule has 9 heteroatoms. The first-order valence-electron chi connectivity index (χ1n) is 11.0. The molecule has 35 heavy (non-hydrogen) atoms. The molecule has 0 amide bonds. The molecule has 0 saturated carbocycles. The van der Waals surface area contributed by atoms with E-state index in [1.807, 2.05) is 6.07 Å². The molecule has 182 valence electrons. The first-order chi connectivity index (χ1) is 16.9. The molecule has 3 aromatic rings. The second-order valence-corrected chi connectivity index (χ2v) is 8.27. The maximum atomic E-state index is 12.7. The summed E-state index contributed by atoms with van der Waals surface area (Å²) in [6, 6.07) is 12.9. The van der Waals surface area contributed by atoms with Gasteiger partial charge in [-0.1, -0.05) is 12.1 Å². The third-order valence-corrected chi connectivity index (χ3v) is 6.11. The minimum Gasteiger partial charge on any atom is -0.508 e. The van der Waals surface area contributed by atoms with E-state index in [0.717, 1.165) is 11.6 Å². The first kappa shape index (κ1) is 22.7. The number of rotatable bonds is 5. The van der Waals surface area contributed by atoms with Crippen molar-refractivity contribution >= 4 is 5.78 Å². The number of ketones is 1. The van der Waals surface area contributed by atoms with Crippen LogP contribution in [0.3, 0.4) is 0 Å². The van der Waals surface area contributed by atoms with Crippen LogP contribution >= 0.6 is 0 Å². The molecule has 0 bridgehead atoms. The smallest absolute Gasteiger partial charge is 0.174 e. The van der Waals surface area contributed by atoms with Gasteiger partial charge in [-0.05, 0) is 29.8 Å². The summed E-state index contributed by atoms with van der Waals surface area (Å²) in [6.45, 7) is -0.299. The zero-order valence-electron chi connectivity index (χ0n) is 19.1. The summed E-state index contributed by atoms with van der Waals surface area (Å²) >= 11 is 0. The number of carbonyl (C=O) groups is 1. The number of benzene rings is 3. The van der Waals surface area contributed by atoms with Gasteiger partial charge in [-0.2, -0.15) is 0 Å². The Balaban J connectivity index is 1.43. The summed E-state index contributed by atoms with van der Waals surface area (Å²) in [5, 5.41) is 29.8. The number of aliphatic hydroxyl groups excluding tert-OH is 1. The molecule has 0 spiro atoms. The lowest BCUT2D eigenvalue weighted by molar-refractivity contribution is -0.0126. The van der Waals surface area contributed by atoms with Crippen molar-refractivity contribution in [2.45, 2.75) is 24.7 Å². The molecule has 0 fully saturated rings. The number of phenolic OH excluding ortho intramolecular Hbond substituents is 2. The molecule has 0 saturated heterocycles. The SMILES string of the molecule is COc1ccc(C2Oc3ccc(C4CC(=O)c5c(O)cc(O)cc5O4)cc3OC2CO)cc1OC. The molecule has 0 aromatic heterocycles. The first-order valence-corrected chi connectivity index (χ1v) is 11.0. The Bertz CT molecular complexity index is 1290. The minimum atomic E-state index is -0.695. The van der Waals surface area contributed by atoms with Gasteiger partial charge in [0.15, 0.2) is 41.0 Å². The molecule has 2 aliphatic heterocycles. The molecule has 3 aromatic carbocycles. The highest BCUT2D eigenvalue weighted by Crippen LogP contribution is 2.45. The van der Waals surface area contributed by atoms with Crippen LogP contribution in [-0.2, 0) is 0 Å². The van der Waals surface area contributed by atoms with Crippen LogP contribution in [0.1, 0.15) is 40.1 Å². The topological polar surface area (TPSA) is 124 Å². The van der Waals surface area contributed by atoms with E-state index in [2.05, 4.69) is 0 Å². The quantitative estimate of drug-likeness (QED) is 0.501. The second kappa shape index (κ2) is 8.92. The minimum absolute atomic E-state index is 0.00265. The molecule has 5 rings (SSSR count). The largest absolute Gasteiger partial charge is 0.508 e. The average Bonchev–Trinajstić information content (AvgIpc) is 2.86. The molecule has 9 nitrogen and oxygen atoms in total. The van der Waals surface area contributed by atoms with Crippen molar-refractivity contribution in [1.29, 1.82) is 0 Å². The summed E-state index contributed by atoms with van der Waals surface area (Å²) in [6.07, 6.45) is -1.94. The fraction of sp³-hybridized carbons (Fsp3) is 0.269. The van der Waals surface area contributed by atoms with Gasteiger partial charge in [0.25, 0.3) is 0 Å². The van der Waals surface area contributed by atoms with Crippen molar-refractivity contribution in [2.75, 3.05) is 20.8 Å². The lowest BCUT2D eigenvalue weighted by Gasteiger charge is -2.34.